The number of amides is 1. The third kappa shape index (κ3) is 2.07. The highest BCUT2D eigenvalue weighted by atomic mass is 35.5. The van der Waals surface area contributed by atoms with E-state index in [1.54, 1.807) is 0 Å². The third-order valence-corrected chi connectivity index (χ3v) is 4.99. The van der Waals surface area contributed by atoms with E-state index in [-0.39, 0.29) is 25.1 Å². The molecule has 1 aliphatic carbocycles. The van der Waals surface area contributed by atoms with Gasteiger partial charge in [0, 0.05) is 23.7 Å². The number of rotatable bonds is 4. The molecular formula is C15H14ClNO6. The molecule has 1 aliphatic heterocycles. The second-order valence-electron chi connectivity index (χ2n) is 5.99. The van der Waals surface area contributed by atoms with E-state index in [2.05, 4.69) is 0 Å². The molecule has 0 spiro atoms. The van der Waals surface area contributed by atoms with Crippen LogP contribution in [0, 0.1) is 10.8 Å². The zero-order chi connectivity index (χ0) is 17.0. The Balaban J connectivity index is 1.90. The maximum atomic E-state index is 12.6. The molecule has 1 amide bonds. The van der Waals surface area contributed by atoms with E-state index in [9.17, 15) is 24.6 Å². The number of hydrogen-bond donors (Lipinski definition) is 2. The molecule has 0 aromatic heterocycles. The Hall–Kier alpha value is -2.28. The summed E-state index contributed by atoms with van der Waals surface area (Å²) in [5, 5.41) is 19.1. The lowest BCUT2D eigenvalue weighted by Gasteiger charge is -2.20. The highest BCUT2D eigenvalue weighted by Crippen LogP contribution is 2.68. The lowest BCUT2D eigenvalue weighted by molar-refractivity contribution is -0.151. The van der Waals surface area contributed by atoms with Gasteiger partial charge in [0.15, 0.2) is 0 Å². The number of nitrogens with zero attached hydrogens (tertiary/aromatic N) is 1. The number of carboxylic acid groups (broad SMARTS) is 2. The van der Waals surface area contributed by atoms with Crippen molar-refractivity contribution in [2.24, 2.45) is 10.8 Å². The lowest BCUT2D eigenvalue weighted by atomic mass is 9.97. The molecule has 0 unspecified atom stereocenters. The standard InChI is InChI=1S/C15H14ClNO6/c1-23-10-3-8(2-9(16)4-10)11(18)17-6-14(12(19)20)5-15(14,7-17)13(21)22/h2-4H,5-7H2,1H3,(H,19,20)(H,21,22)/t14-,15+. The molecule has 1 heterocycles. The van der Waals surface area contributed by atoms with Crippen molar-refractivity contribution in [2.75, 3.05) is 20.2 Å². The number of carboxylic acids is 2. The van der Waals surface area contributed by atoms with Gasteiger partial charge in [0.1, 0.15) is 16.6 Å². The van der Waals surface area contributed by atoms with Crippen LogP contribution in [-0.4, -0.2) is 53.2 Å². The first kappa shape index (κ1) is 15.6. The normalized spacial score (nSPS) is 28.2. The van der Waals surface area contributed by atoms with Gasteiger partial charge in [-0.1, -0.05) is 11.6 Å². The van der Waals surface area contributed by atoms with Crippen LogP contribution in [0.15, 0.2) is 18.2 Å². The Kier molecular flexibility index (Phi) is 3.30. The second kappa shape index (κ2) is 4.86. The number of aliphatic carboxylic acids is 2. The Bertz CT molecular complexity index is 707. The Labute approximate surface area is 136 Å². The summed E-state index contributed by atoms with van der Waals surface area (Å²) in [4.78, 5) is 36.8. The van der Waals surface area contributed by atoms with E-state index < -0.39 is 28.7 Å². The summed E-state index contributed by atoms with van der Waals surface area (Å²) >= 11 is 5.93. The van der Waals surface area contributed by atoms with Gasteiger partial charge in [-0.05, 0) is 24.6 Å². The Morgan fingerprint density at radius 1 is 1.13 bits per heavy atom. The zero-order valence-electron chi connectivity index (χ0n) is 12.2. The third-order valence-electron chi connectivity index (χ3n) is 4.78. The molecule has 1 aromatic carbocycles. The highest BCUT2D eigenvalue weighted by molar-refractivity contribution is 6.31. The first-order valence-corrected chi connectivity index (χ1v) is 7.24. The molecule has 2 atom stereocenters. The Morgan fingerprint density at radius 3 is 2.17 bits per heavy atom. The molecule has 3 rings (SSSR count). The smallest absolute Gasteiger partial charge is 0.312 e. The average Bonchev–Trinajstić information content (AvgIpc) is 3.04. The van der Waals surface area contributed by atoms with Crippen LogP contribution in [0.4, 0.5) is 0 Å². The molecule has 1 aromatic rings. The number of carbonyl (C=O) groups is 3. The fourth-order valence-corrected chi connectivity index (χ4v) is 3.64. The van der Waals surface area contributed by atoms with Crippen molar-refractivity contribution in [3.8, 4) is 5.75 Å². The van der Waals surface area contributed by atoms with E-state index in [0.29, 0.717) is 10.8 Å². The van der Waals surface area contributed by atoms with Crippen molar-refractivity contribution in [1.82, 2.24) is 4.90 Å². The summed E-state index contributed by atoms with van der Waals surface area (Å²) in [6.45, 7) is -0.245. The summed E-state index contributed by atoms with van der Waals surface area (Å²) < 4.78 is 5.05. The van der Waals surface area contributed by atoms with Crippen LogP contribution in [-0.2, 0) is 9.59 Å². The minimum atomic E-state index is -1.39. The van der Waals surface area contributed by atoms with Gasteiger partial charge in [0.25, 0.3) is 5.91 Å². The van der Waals surface area contributed by atoms with Gasteiger partial charge < -0.3 is 19.8 Å². The van der Waals surface area contributed by atoms with Gasteiger partial charge >= 0.3 is 11.9 Å². The SMILES string of the molecule is COc1cc(Cl)cc(C(=O)N2C[C@@]3(C(=O)O)C[C@@]3(C(=O)O)C2)c1. The topological polar surface area (TPSA) is 104 Å². The number of hydrogen-bond acceptors (Lipinski definition) is 4. The van der Waals surface area contributed by atoms with E-state index in [4.69, 9.17) is 16.3 Å². The van der Waals surface area contributed by atoms with Crippen LogP contribution in [0.25, 0.3) is 0 Å². The van der Waals surface area contributed by atoms with Crippen molar-refractivity contribution in [3.05, 3.63) is 28.8 Å². The van der Waals surface area contributed by atoms with E-state index in [1.807, 2.05) is 0 Å². The molecule has 8 heteroatoms. The van der Waals surface area contributed by atoms with Crippen molar-refractivity contribution in [2.45, 2.75) is 6.42 Å². The van der Waals surface area contributed by atoms with Crippen LogP contribution >= 0.6 is 11.6 Å². The molecule has 1 saturated carbocycles. The first-order valence-electron chi connectivity index (χ1n) is 6.86. The number of carbonyl (C=O) groups excluding carboxylic acids is 1. The number of ether oxygens (including phenoxy) is 1. The number of methoxy groups -OCH3 is 1. The maximum Gasteiger partial charge on any atom is 0.312 e. The monoisotopic (exact) mass is 339 g/mol. The van der Waals surface area contributed by atoms with Gasteiger partial charge in [-0.25, -0.2) is 0 Å². The molecule has 0 bridgehead atoms. The molecule has 2 N–H and O–H groups in total. The van der Waals surface area contributed by atoms with Crippen molar-refractivity contribution in [1.29, 1.82) is 0 Å². The van der Waals surface area contributed by atoms with Crippen molar-refractivity contribution < 1.29 is 29.3 Å². The highest BCUT2D eigenvalue weighted by Gasteiger charge is 2.81. The maximum absolute atomic E-state index is 12.6. The van der Waals surface area contributed by atoms with Crippen LogP contribution in [0.2, 0.25) is 5.02 Å². The molecular weight excluding hydrogens is 326 g/mol. The summed E-state index contributed by atoms with van der Waals surface area (Å²) in [6, 6.07) is 4.47. The quantitative estimate of drug-likeness (QED) is 0.858. The number of benzene rings is 1. The predicted octanol–water partition coefficient (Wildman–Crippen LogP) is 1.35. The fraction of sp³-hybridized carbons (Fsp3) is 0.400. The number of piperidine rings is 1. The van der Waals surface area contributed by atoms with Crippen LogP contribution < -0.4 is 4.74 Å². The molecule has 1 saturated heterocycles. The largest absolute Gasteiger partial charge is 0.497 e. The van der Waals surface area contributed by atoms with Crippen molar-refractivity contribution >= 4 is 29.4 Å². The van der Waals surface area contributed by atoms with Crippen LogP contribution in [0.3, 0.4) is 0 Å². The second-order valence-corrected chi connectivity index (χ2v) is 6.43. The van der Waals surface area contributed by atoms with Gasteiger partial charge in [0.05, 0.1) is 7.11 Å². The summed E-state index contributed by atoms with van der Waals surface area (Å²) in [5.74, 6) is -2.43. The summed E-state index contributed by atoms with van der Waals surface area (Å²) in [5.41, 5.74) is -2.55. The summed E-state index contributed by atoms with van der Waals surface area (Å²) in [6.07, 6.45) is 0.0489. The first-order chi connectivity index (χ1) is 10.8. The van der Waals surface area contributed by atoms with E-state index >= 15 is 0 Å². The zero-order valence-corrected chi connectivity index (χ0v) is 13.0. The molecule has 23 heavy (non-hydrogen) atoms. The van der Waals surface area contributed by atoms with Gasteiger partial charge in [0.2, 0.25) is 0 Å². The van der Waals surface area contributed by atoms with Gasteiger partial charge in [-0.15, -0.1) is 0 Å². The fourth-order valence-electron chi connectivity index (χ4n) is 3.42. The lowest BCUT2D eigenvalue weighted by Crippen LogP contribution is -2.34. The average molecular weight is 340 g/mol. The van der Waals surface area contributed by atoms with Gasteiger partial charge in [-0.2, -0.15) is 0 Å². The van der Waals surface area contributed by atoms with Crippen molar-refractivity contribution in [3.63, 3.8) is 0 Å². The predicted molar refractivity (Wildman–Crippen MR) is 78.7 cm³/mol. The van der Waals surface area contributed by atoms with E-state index in [1.165, 1.54) is 30.2 Å². The van der Waals surface area contributed by atoms with E-state index in [0.717, 1.165) is 0 Å². The van der Waals surface area contributed by atoms with Crippen LogP contribution in [0.5, 0.6) is 5.75 Å². The molecule has 2 fully saturated rings. The summed E-state index contributed by atoms with van der Waals surface area (Å²) in [7, 11) is 1.43. The minimum absolute atomic E-state index is 0.0489. The molecule has 122 valence electrons. The number of fused-ring (bicyclic) bond motifs is 1. The molecule has 2 aliphatic rings. The van der Waals surface area contributed by atoms with Crippen LogP contribution in [0.1, 0.15) is 16.8 Å². The molecule has 7 nitrogen and oxygen atoms in total. The van der Waals surface area contributed by atoms with Gasteiger partial charge in [-0.3, -0.25) is 14.4 Å². The Morgan fingerprint density at radius 2 is 1.70 bits per heavy atom. The minimum Gasteiger partial charge on any atom is -0.497 e. The molecule has 0 radical (unpaired) electrons. The number of halogens is 1. The number of likely N-dealkylation sites (tertiary alicyclic amines) is 1.